The molecule has 0 aliphatic rings. The fourth-order valence-electron chi connectivity index (χ4n) is 1.01. The molecule has 0 aliphatic heterocycles. The molecule has 0 saturated heterocycles. The van der Waals surface area contributed by atoms with Gasteiger partial charge in [-0.15, -0.1) is 0 Å². The van der Waals surface area contributed by atoms with Gasteiger partial charge < -0.3 is 0 Å². The Hall–Kier alpha value is -1.57. The molecule has 0 heterocycles. The molecule has 88 valence electrons. The fourth-order valence-corrected chi connectivity index (χ4v) is 2.17. The number of sulfonamides is 1. The molecule has 0 fully saturated rings. The van der Waals surface area contributed by atoms with E-state index >= 15 is 0 Å². The maximum Gasteiger partial charge on any atom is 0.248 e. The smallest absolute Gasteiger partial charge is 0.248 e. The molecular formula is C10H8BrN3O2S. The van der Waals surface area contributed by atoms with Gasteiger partial charge in [0.25, 0.3) is 0 Å². The summed E-state index contributed by atoms with van der Waals surface area (Å²) in [6.07, 6.45) is 0. The Morgan fingerprint density at radius 3 is 2.59 bits per heavy atom. The second-order valence-corrected chi connectivity index (χ2v) is 6.14. The van der Waals surface area contributed by atoms with Gasteiger partial charge in [-0.05, 0) is 25.1 Å². The molecule has 1 unspecified atom stereocenters. The van der Waals surface area contributed by atoms with E-state index in [1.54, 1.807) is 12.1 Å². The van der Waals surface area contributed by atoms with Crippen LogP contribution in [0.2, 0.25) is 0 Å². The maximum absolute atomic E-state index is 11.6. The standard InChI is InChI=1S/C10H8BrN3O2S/c1-7(5-12)17(15,16)14-10-3-2-9(11)4-8(10)6-13/h2-4,7,14H,1H3. The van der Waals surface area contributed by atoms with Gasteiger partial charge in [-0.25, -0.2) is 8.42 Å². The predicted octanol–water partition coefficient (Wildman–Crippen LogP) is 1.97. The zero-order valence-electron chi connectivity index (χ0n) is 8.81. The summed E-state index contributed by atoms with van der Waals surface area (Å²) in [5.74, 6) is 0. The molecule has 1 rings (SSSR count). The first kappa shape index (κ1) is 13.5. The second kappa shape index (κ2) is 5.17. The SMILES string of the molecule is CC(C#N)S(=O)(=O)Nc1ccc(Br)cc1C#N. The summed E-state index contributed by atoms with van der Waals surface area (Å²) in [6.45, 7) is 1.27. The highest BCUT2D eigenvalue weighted by atomic mass is 79.9. The number of benzene rings is 1. The van der Waals surface area contributed by atoms with E-state index in [2.05, 4.69) is 20.7 Å². The lowest BCUT2D eigenvalue weighted by atomic mass is 10.2. The third kappa shape index (κ3) is 3.19. The molecule has 1 aromatic carbocycles. The Morgan fingerprint density at radius 1 is 1.41 bits per heavy atom. The van der Waals surface area contributed by atoms with E-state index in [4.69, 9.17) is 10.5 Å². The normalized spacial score (nSPS) is 12.2. The van der Waals surface area contributed by atoms with Crippen molar-refractivity contribution in [2.75, 3.05) is 4.72 Å². The molecule has 1 N–H and O–H groups in total. The number of halogens is 1. The van der Waals surface area contributed by atoms with Crippen molar-refractivity contribution in [1.29, 1.82) is 10.5 Å². The number of nitriles is 2. The Bertz CT molecular complexity index is 613. The third-order valence-corrected chi connectivity index (χ3v) is 4.04. The maximum atomic E-state index is 11.6. The molecule has 0 saturated carbocycles. The molecule has 0 bridgehead atoms. The highest BCUT2D eigenvalue weighted by Crippen LogP contribution is 2.22. The summed E-state index contributed by atoms with van der Waals surface area (Å²) in [4.78, 5) is 0. The average molecular weight is 314 g/mol. The summed E-state index contributed by atoms with van der Waals surface area (Å²) < 4.78 is 26.2. The number of nitrogens with zero attached hydrogens (tertiary/aromatic N) is 2. The molecule has 17 heavy (non-hydrogen) atoms. The molecule has 5 nitrogen and oxygen atoms in total. The third-order valence-electron chi connectivity index (χ3n) is 2.00. The van der Waals surface area contributed by atoms with E-state index < -0.39 is 15.3 Å². The number of hydrogen-bond donors (Lipinski definition) is 1. The topological polar surface area (TPSA) is 93.8 Å². The average Bonchev–Trinajstić information content (AvgIpc) is 2.30. The first-order chi connectivity index (χ1) is 7.90. The van der Waals surface area contributed by atoms with Crippen molar-refractivity contribution in [2.24, 2.45) is 0 Å². The lowest BCUT2D eigenvalue weighted by molar-refractivity contribution is 0.597. The molecule has 0 radical (unpaired) electrons. The summed E-state index contributed by atoms with van der Waals surface area (Å²) in [5.41, 5.74) is 0.353. The van der Waals surface area contributed by atoms with Crippen LogP contribution in [-0.2, 0) is 10.0 Å². The van der Waals surface area contributed by atoms with Crippen LogP contribution in [0.25, 0.3) is 0 Å². The van der Waals surface area contributed by atoms with Crippen LogP contribution in [0.15, 0.2) is 22.7 Å². The van der Waals surface area contributed by atoms with Crippen LogP contribution >= 0.6 is 15.9 Å². The second-order valence-electron chi connectivity index (χ2n) is 3.22. The lowest BCUT2D eigenvalue weighted by Gasteiger charge is -2.10. The molecule has 1 aromatic rings. The Morgan fingerprint density at radius 2 is 2.06 bits per heavy atom. The van der Waals surface area contributed by atoms with Gasteiger partial charge in [-0.2, -0.15) is 10.5 Å². The minimum absolute atomic E-state index is 0.165. The quantitative estimate of drug-likeness (QED) is 0.923. The van der Waals surface area contributed by atoms with E-state index in [-0.39, 0.29) is 11.3 Å². The Labute approximate surface area is 108 Å². The summed E-state index contributed by atoms with van der Waals surface area (Å²) >= 11 is 3.18. The van der Waals surface area contributed by atoms with E-state index in [9.17, 15) is 8.42 Å². The van der Waals surface area contributed by atoms with Gasteiger partial charge in [0.2, 0.25) is 10.0 Å². The van der Waals surface area contributed by atoms with Gasteiger partial charge >= 0.3 is 0 Å². The van der Waals surface area contributed by atoms with Crippen molar-refractivity contribution >= 4 is 31.6 Å². The lowest BCUT2D eigenvalue weighted by Crippen LogP contribution is -2.24. The molecule has 1 atom stereocenters. The van der Waals surface area contributed by atoms with E-state index in [1.165, 1.54) is 19.1 Å². The molecule has 7 heteroatoms. The highest BCUT2D eigenvalue weighted by molar-refractivity contribution is 9.10. The summed E-state index contributed by atoms with van der Waals surface area (Å²) in [5, 5.41) is 16.3. The van der Waals surface area contributed by atoms with Crippen molar-refractivity contribution in [2.45, 2.75) is 12.2 Å². The van der Waals surface area contributed by atoms with Crippen LogP contribution in [0.1, 0.15) is 12.5 Å². The minimum atomic E-state index is -3.79. The largest absolute Gasteiger partial charge is 0.281 e. The van der Waals surface area contributed by atoms with Crippen LogP contribution in [0.4, 0.5) is 5.69 Å². The van der Waals surface area contributed by atoms with Crippen LogP contribution < -0.4 is 4.72 Å². The molecule has 0 aromatic heterocycles. The number of rotatable bonds is 3. The van der Waals surface area contributed by atoms with Gasteiger partial charge in [0, 0.05) is 4.47 Å². The van der Waals surface area contributed by atoms with Crippen LogP contribution in [0.3, 0.4) is 0 Å². The molecule has 0 spiro atoms. The highest BCUT2D eigenvalue weighted by Gasteiger charge is 2.21. The van der Waals surface area contributed by atoms with Gasteiger partial charge in [-0.1, -0.05) is 15.9 Å². The van der Waals surface area contributed by atoms with Crippen LogP contribution in [0.5, 0.6) is 0 Å². The van der Waals surface area contributed by atoms with Crippen LogP contribution in [0, 0.1) is 22.7 Å². The Balaban J connectivity index is 3.14. The zero-order valence-corrected chi connectivity index (χ0v) is 11.2. The molecular weight excluding hydrogens is 306 g/mol. The van der Waals surface area contributed by atoms with Crippen molar-refractivity contribution in [3.05, 3.63) is 28.2 Å². The van der Waals surface area contributed by atoms with Crippen molar-refractivity contribution in [1.82, 2.24) is 0 Å². The monoisotopic (exact) mass is 313 g/mol. The predicted molar refractivity (Wildman–Crippen MR) is 66.5 cm³/mol. The Kier molecular flexibility index (Phi) is 4.11. The fraction of sp³-hybridized carbons (Fsp3) is 0.200. The van der Waals surface area contributed by atoms with Gasteiger partial charge in [-0.3, -0.25) is 4.72 Å². The summed E-state index contributed by atoms with van der Waals surface area (Å²) in [7, 11) is -3.79. The van der Waals surface area contributed by atoms with Crippen LogP contribution in [-0.4, -0.2) is 13.7 Å². The van der Waals surface area contributed by atoms with Crippen molar-refractivity contribution < 1.29 is 8.42 Å². The minimum Gasteiger partial charge on any atom is -0.281 e. The first-order valence-electron chi connectivity index (χ1n) is 4.51. The van der Waals surface area contributed by atoms with Crippen molar-refractivity contribution in [3.8, 4) is 12.1 Å². The first-order valence-corrected chi connectivity index (χ1v) is 6.85. The molecule has 0 aliphatic carbocycles. The number of nitrogens with one attached hydrogen (secondary N) is 1. The molecule has 0 amide bonds. The van der Waals surface area contributed by atoms with Gasteiger partial charge in [0.05, 0.1) is 17.3 Å². The van der Waals surface area contributed by atoms with E-state index in [1.807, 2.05) is 6.07 Å². The van der Waals surface area contributed by atoms with Crippen molar-refractivity contribution in [3.63, 3.8) is 0 Å². The zero-order chi connectivity index (χ0) is 13.1. The number of anilines is 1. The van der Waals surface area contributed by atoms with E-state index in [0.29, 0.717) is 4.47 Å². The number of hydrogen-bond acceptors (Lipinski definition) is 4. The summed E-state index contributed by atoms with van der Waals surface area (Å²) in [6, 6.07) is 8.07. The van der Waals surface area contributed by atoms with E-state index in [0.717, 1.165) is 0 Å². The van der Waals surface area contributed by atoms with Gasteiger partial charge in [0.15, 0.2) is 5.25 Å². The van der Waals surface area contributed by atoms with Gasteiger partial charge in [0.1, 0.15) is 6.07 Å².